The molecule has 0 atom stereocenters. The van der Waals surface area contributed by atoms with Crippen LogP contribution in [-0.4, -0.2) is 15.9 Å². The molecule has 2 heterocycles. The third kappa shape index (κ3) is 3.42. The first-order chi connectivity index (χ1) is 13.1. The summed E-state index contributed by atoms with van der Waals surface area (Å²) in [4.78, 5) is 22.1. The van der Waals surface area contributed by atoms with Gasteiger partial charge in [-0.1, -0.05) is 48.0 Å². The Morgan fingerprint density at radius 2 is 1.78 bits per heavy atom. The van der Waals surface area contributed by atoms with Gasteiger partial charge in [0, 0.05) is 17.1 Å². The van der Waals surface area contributed by atoms with Gasteiger partial charge in [-0.05, 0) is 43.7 Å². The Labute approximate surface area is 157 Å². The number of rotatable bonds is 3. The highest BCUT2D eigenvalue weighted by molar-refractivity contribution is 6.13. The van der Waals surface area contributed by atoms with Gasteiger partial charge in [-0.2, -0.15) is 0 Å². The minimum atomic E-state index is -0.190. The number of para-hydroxylation sites is 1. The number of hydrogen-bond acceptors (Lipinski definition) is 3. The summed E-state index contributed by atoms with van der Waals surface area (Å²) in [6.07, 6.45) is 1.67. The molecule has 0 saturated carbocycles. The van der Waals surface area contributed by atoms with Crippen LogP contribution in [0.25, 0.3) is 22.2 Å². The van der Waals surface area contributed by atoms with Crippen molar-refractivity contribution in [2.45, 2.75) is 13.8 Å². The zero-order valence-electron chi connectivity index (χ0n) is 15.2. The van der Waals surface area contributed by atoms with Crippen LogP contribution >= 0.6 is 0 Å². The van der Waals surface area contributed by atoms with Crippen LogP contribution in [0.4, 0.5) is 5.82 Å². The third-order valence-electron chi connectivity index (χ3n) is 4.52. The van der Waals surface area contributed by atoms with E-state index >= 15 is 0 Å². The molecule has 0 radical (unpaired) electrons. The minimum absolute atomic E-state index is 0.190. The summed E-state index contributed by atoms with van der Waals surface area (Å²) in [5, 5.41) is 3.75. The molecule has 4 rings (SSSR count). The largest absolute Gasteiger partial charge is 0.306 e. The zero-order valence-corrected chi connectivity index (χ0v) is 15.2. The first-order valence-electron chi connectivity index (χ1n) is 8.81. The fourth-order valence-electron chi connectivity index (χ4n) is 3.11. The summed E-state index contributed by atoms with van der Waals surface area (Å²) >= 11 is 0. The number of nitrogens with one attached hydrogen (secondary N) is 1. The van der Waals surface area contributed by atoms with Crippen LogP contribution in [0.3, 0.4) is 0 Å². The molecule has 2 aromatic carbocycles. The zero-order chi connectivity index (χ0) is 18.8. The normalized spacial score (nSPS) is 10.7. The van der Waals surface area contributed by atoms with Gasteiger partial charge in [-0.15, -0.1) is 0 Å². The summed E-state index contributed by atoms with van der Waals surface area (Å²) in [5.74, 6) is 0.379. The number of fused-ring (bicyclic) bond motifs is 1. The Kier molecular flexibility index (Phi) is 4.38. The topological polar surface area (TPSA) is 54.9 Å². The number of anilines is 1. The van der Waals surface area contributed by atoms with Crippen molar-refractivity contribution in [3.63, 3.8) is 0 Å². The molecule has 0 aliphatic heterocycles. The highest BCUT2D eigenvalue weighted by Crippen LogP contribution is 2.26. The smallest absolute Gasteiger partial charge is 0.257 e. The van der Waals surface area contributed by atoms with Crippen molar-refractivity contribution in [2.24, 2.45) is 0 Å². The summed E-state index contributed by atoms with van der Waals surface area (Å²) in [5.41, 5.74) is 5.21. The summed E-state index contributed by atoms with van der Waals surface area (Å²) in [6.45, 7) is 3.97. The Morgan fingerprint density at radius 3 is 2.59 bits per heavy atom. The average Bonchev–Trinajstić information content (AvgIpc) is 2.69. The molecule has 4 heteroatoms. The molecule has 4 aromatic rings. The maximum Gasteiger partial charge on any atom is 0.257 e. The second-order valence-corrected chi connectivity index (χ2v) is 6.56. The predicted molar refractivity (Wildman–Crippen MR) is 109 cm³/mol. The van der Waals surface area contributed by atoms with E-state index in [1.807, 2.05) is 74.5 Å². The van der Waals surface area contributed by atoms with Crippen LogP contribution < -0.4 is 5.32 Å². The van der Waals surface area contributed by atoms with Crippen molar-refractivity contribution >= 4 is 22.6 Å². The van der Waals surface area contributed by atoms with Gasteiger partial charge in [-0.3, -0.25) is 4.79 Å². The molecule has 0 saturated heterocycles. The molecule has 0 aliphatic rings. The molecule has 0 spiro atoms. The highest BCUT2D eigenvalue weighted by atomic mass is 16.1. The second-order valence-electron chi connectivity index (χ2n) is 6.56. The molecule has 2 aromatic heterocycles. The van der Waals surface area contributed by atoms with Gasteiger partial charge >= 0.3 is 0 Å². The number of aryl methyl sites for hydroxylation is 2. The van der Waals surface area contributed by atoms with Crippen LogP contribution in [0.15, 0.2) is 72.9 Å². The molecule has 0 unspecified atom stereocenters. The number of aromatic nitrogens is 2. The molecule has 1 N–H and O–H groups in total. The Morgan fingerprint density at radius 1 is 0.926 bits per heavy atom. The molecule has 0 bridgehead atoms. The third-order valence-corrected chi connectivity index (χ3v) is 4.52. The fourth-order valence-corrected chi connectivity index (χ4v) is 3.11. The number of carbonyl (C=O) groups excluding carboxylic acids is 1. The van der Waals surface area contributed by atoms with Crippen LogP contribution in [0.1, 0.15) is 21.5 Å². The van der Waals surface area contributed by atoms with Gasteiger partial charge in [0.1, 0.15) is 5.82 Å². The van der Waals surface area contributed by atoms with Crippen molar-refractivity contribution in [3.8, 4) is 11.3 Å². The molecular formula is C23H19N3O. The van der Waals surface area contributed by atoms with Crippen LogP contribution in [0.5, 0.6) is 0 Å². The molecule has 27 heavy (non-hydrogen) atoms. The fraction of sp³-hybridized carbons (Fsp3) is 0.0870. The predicted octanol–water partition coefficient (Wildman–Crippen LogP) is 5.17. The van der Waals surface area contributed by atoms with Crippen molar-refractivity contribution in [3.05, 3.63) is 89.6 Å². The van der Waals surface area contributed by atoms with E-state index in [4.69, 9.17) is 4.98 Å². The quantitative estimate of drug-likeness (QED) is 0.553. The van der Waals surface area contributed by atoms with E-state index in [0.29, 0.717) is 11.4 Å². The van der Waals surface area contributed by atoms with Gasteiger partial charge in [0.2, 0.25) is 0 Å². The summed E-state index contributed by atoms with van der Waals surface area (Å²) < 4.78 is 0. The standard InChI is InChI=1S/C23H19N3O/c1-15-7-5-9-17(13-15)21-14-19(18-10-3-4-11-20(18)25-21)23(27)26-22-16(2)8-6-12-24-22/h3-14H,1-2H3,(H,24,26,27). The van der Waals surface area contributed by atoms with Crippen LogP contribution in [-0.2, 0) is 0 Å². The maximum atomic E-state index is 13.1. The Bertz CT molecular complexity index is 1150. The van der Waals surface area contributed by atoms with Gasteiger partial charge in [0.25, 0.3) is 5.91 Å². The monoisotopic (exact) mass is 353 g/mol. The lowest BCUT2D eigenvalue weighted by Crippen LogP contribution is -2.15. The van der Waals surface area contributed by atoms with E-state index in [-0.39, 0.29) is 5.91 Å². The number of amides is 1. The van der Waals surface area contributed by atoms with E-state index in [0.717, 1.165) is 33.3 Å². The van der Waals surface area contributed by atoms with E-state index in [9.17, 15) is 4.79 Å². The number of benzene rings is 2. The Balaban J connectivity index is 1.83. The first-order valence-corrected chi connectivity index (χ1v) is 8.81. The lowest BCUT2D eigenvalue weighted by atomic mass is 10.0. The Hall–Kier alpha value is -3.53. The summed E-state index contributed by atoms with van der Waals surface area (Å²) in [6, 6.07) is 21.4. The van der Waals surface area contributed by atoms with Crippen molar-refractivity contribution in [2.75, 3.05) is 5.32 Å². The van der Waals surface area contributed by atoms with Crippen molar-refractivity contribution < 1.29 is 4.79 Å². The van der Waals surface area contributed by atoms with Gasteiger partial charge in [0.15, 0.2) is 0 Å². The van der Waals surface area contributed by atoms with Crippen LogP contribution in [0, 0.1) is 13.8 Å². The number of nitrogens with zero attached hydrogens (tertiary/aromatic N) is 2. The summed E-state index contributed by atoms with van der Waals surface area (Å²) in [7, 11) is 0. The van der Waals surface area contributed by atoms with Crippen molar-refractivity contribution in [1.29, 1.82) is 0 Å². The molecule has 0 fully saturated rings. The molecule has 132 valence electrons. The van der Waals surface area contributed by atoms with E-state index < -0.39 is 0 Å². The lowest BCUT2D eigenvalue weighted by molar-refractivity contribution is 0.102. The maximum absolute atomic E-state index is 13.1. The minimum Gasteiger partial charge on any atom is -0.306 e. The second kappa shape index (κ2) is 7.00. The van der Waals surface area contributed by atoms with Crippen LogP contribution in [0.2, 0.25) is 0 Å². The SMILES string of the molecule is Cc1cccc(-c2cc(C(=O)Nc3ncccc3C)c3ccccc3n2)c1. The van der Waals surface area contributed by atoms with Gasteiger partial charge < -0.3 is 5.32 Å². The average molecular weight is 353 g/mol. The molecular weight excluding hydrogens is 334 g/mol. The van der Waals surface area contributed by atoms with E-state index in [2.05, 4.69) is 16.4 Å². The highest BCUT2D eigenvalue weighted by Gasteiger charge is 2.15. The van der Waals surface area contributed by atoms with Gasteiger partial charge in [-0.25, -0.2) is 9.97 Å². The number of carbonyl (C=O) groups is 1. The number of pyridine rings is 2. The van der Waals surface area contributed by atoms with Crippen molar-refractivity contribution in [1.82, 2.24) is 9.97 Å². The van der Waals surface area contributed by atoms with E-state index in [1.54, 1.807) is 6.20 Å². The number of hydrogen-bond donors (Lipinski definition) is 1. The van der Waals surface area contributed by atoms with Gasteiger partial charge in [0.05, 0.1) is 16.8 Å². The lowest BCUT2D eigenvalue weighted by Gasteiger charge is -2.11. The molecule has 1 amide bonds. The molecule has 0 aliphatic carbocycles. The van der Waals surface area contributed by atoms with E-state index in [1.165, 1.54) is 0 Å². The molecule has 4 nitrogen and oxygen atoms in total. The first kappa shape index (κ1) is 16.9.